The van der Waals surface area contributed by atoms with Gasteiger partial charge in [-0.25, -0.2) is 0 Å². The van der Waals surface area contributed by atoms with Crippen LogP contribution in [0.25, 0.3) is 0 Å². The molecule has 0 aromatic carbocycles. The molecule has 0 amide bonds. The van der Waals surface area contributed by atoms with E-state index in [1.165, 1.54) is 4.90 Å². The van der Waals surface area contributed by atoms with Gasteiger partial charge in [-0.1, -0.05) is 27.7 Å². The smallest absolute Gasteiger partial charge is 0.312 e. The Morgan fingerprint density at radius 3 is 1.95 bits per heavy atom. The number of hydrogen-bond acceptors (Lipinski definition) is 2. The van der Waals surface area contributed by atoms with E-state index in [4.69, 9.17) is 0 Å². The average Bonchev–Trinajstić information content (AvgIpc) is 2.18. The summed E-state index contributed by atoms with van der Waals surface area (Å²) in [5.74, 6) is 0. The van der Waals surface area contributed by atoms with Crippen LogP contribution in [0.15, 0.2) is 0 Å². The zero-order valence-electron chi connectivity index (χ0n) is 13.1. The summed E-state index contributed by atoms with van der Waals surface area (Å²) in [7, 11) is 0. The molecule has 0 spiro atoms. The third-order valence-corrected chi connectivity index (χ3v) is 3.22. The number of halogens is 3. The molecule has 0 aliphatic heterocycles. The van der Waals surface area contributed by atoms with E-state index in [0.29, 0.717) is 6.54 Å². The minimum absolute atomic E-state index is 0.0530. The molecule has 0 rings (SSSR count). The predicted octanol–water partition coefficient (Wildman–Crippen LogP) is 3.67. The van der Waals surface area contributed by atoms with Crippen LogP contribution in [0.3, 0.4) is 0 Å². The van der Waals surface area contributed by atoms with Crippen molar-refractivity contribution in [2.24, 2.45) is 5.41 Å². The first-order valence-electron chi connectivity index (χ1n) is 7.01. The molecule has 0 bridgehead atoms. The first kappa shape index (κ1) is 18.7. The lowest BCUT2D eigenvalue weighted by atomic mass is 9.86. The largest absolute Gasteiger partial charge is 0.401 e. The molecule has 1 atom stereocenters. The van der Waals surface area contributed by atoms with Crippen LogP contribution < -0.4 is 5.32 Å². The van der Waals surface area contributed by atoms with Crippen molar-refractivity contribution in [2.45, 2.75) is 66.2 Å². The number of alkyl halides is 3. The third kappa shape index (κ3) is 8.47. The summed E-state index contributed by atoms with van der Waals surface area (Å²) in [6.07, 6.45) is -3.16. The Bertz CT molecular complexity index is 244. The van der Waals surface area contributed by atoms with Crippen LogP contribution in [0.1, 0.15) is 48.0 Å². The quantitative estimate of drug-likeness (QED) is 0.766. The van der Waals surface area contributed by atoms with Crippen molar-refractivity contribution in [1.82, 2.24) is 10.2 Å². The van der Waals surface area contributed by atoms with Crippen molar-refractivity contribution in [1.29, 1.82) is 0 Å². The van der Waals surface area contributed by atoms with Gasteiger partial charge < -0.3 is 5.32 Å². The highest BCUT2D eigenvalue weighted by atomic mass is 19.4. The zero-order valence-corrected chi connectivity index (χ0v) is 13.1. The van der Waals surface area contributed by atoms with Crippen molar-refractivity contribution in [2.75, 3.05) is 19.6 Å². The standard InChI is InChI=1S/C14H29F3N2/c1-7-8-18-12(13(4,5)6)9-19(11(2)3)10-14(15,16)17/h11-12,18H,7-10H2,1-6H3. The Labute approximate surface area is 115 Å². The molecule has 0 saturated carbocycles. The summed E-state index contributed by atoms with van der Waals surface area (Å²) in [4.78, 5) is 1.50. The van der Waals surface area contributed by atoms with Crippen LogP contribution in [-0.4, -0.2) is 42.8 Å². The molecule has 2 nitrogen and oxygen atoms in total. The summed E-state index contributed by atoms with van der Waals surface area (Å²) < 4.78 is 37.8. The maximum atomic E-state index is 12.6. The van der Waals surface area contributed by atoms with E-state index in [9.17, 15) is 13.2 Å². The second kappa shape index (κ2) is 7.48. The summed E-state index contributed by atoms with van der Waals surface area (Å²) in [6, 6.07) is -0.0629. The Balaban J connectivity index is 4.74. The second-order valence-corrected chi connectivity index (χ2v) is 6.51. The van der Waals surface area contributed by atoms with Crippen LogP contribution in [0.4, 0.5) is 13.2 Å². The fraction of sp³-hybridized carbons (Fsp3) is 1.00. The van der Waals surface area contributed by atoms with Crippen LogP contribution >= 0.6 is 0 Å². The van der Waals surface area contributed by atoms with Crippen molar-refractivity contribution in [3.8, 4) is 0 Å². The molecular weight excluding hydrogens is 253 g/mol. The molecule has 5 heteroatoms. The minimum atomic E-state index is -4.14. The SMILES string of the molecule is CCCNC(CN(CC(F)(F)F)C(C)C)C(C)(C)C. The summed E-state index contributed by atoms with van der Waals surface area (Å²) in [5, 5.41) is 3.37. The van der Waals surface area contributed by atoms with Gasteiger partial charge in [0.1, 0.15) is 0 Å². The van der Waals surface area contributed by atoms with Gasteiger partial charge in [0.2, 0.25) is 0 Å². The molecule has 116 valence electrons. The topological polar surface area (TPSA) is 15.3 Å². The van der Waals surface area contributed by atoms with Gasteiger partial charge in [0.25, 0.3) is 0 Å². The summed E-state index contributed by atoms with van der Waals surface area (Å²) >= 11 is 0. The van der Waals surface area contributed by atoms with E-state index < -0.39 is 12.7 Å². The van der Waals surface area contributed by atoms with Gasteiger partial charge in [-0.3, -0.25) is 4.90 Å². The second-order valence-electron chi connectivity index (χ2n) is 6.51. The molecule has 0 heterocycles. The van der Waals surface area contributed by atoms with Crippen LogP contribution in [0.5, 0.6) is 0 Å². The van der Waals surface area contributed by atoms with E-state index in [1.54, 1.807) is 0 Å². The number of hydrogen-bond donors (Lipinski definition) is 1. The molecular formula is C14H29F3N2. The number of rotatable bonds is 7. The fourth-order valence-corrected chi connectivity index (χ4v) is 1.89. The van der Waals surface area contributed by atoms with E-state index in [1.807, 2.05) is 13.8 Å². The lowest BCUT2D eigenvalue weighted by Crippen LogP contribution is -2.52. The van der Waals surface area contributed by atoms with Crippen molar-refractivity contribution < 1.29 is 13.2 Å². The average molecular weight is 282 g/mol. The van der Waals surface area contributed by atoms with Crippen molar-refractivity contribution in [3.05, 3.63) is 0 Å². The van der Waals surface area contributed by atoms with Gasteiger partial charge >= 0.3 is 6.18 Å². The molecule has 0 aromatic rings. The number of nitrogens with zero attached hydrogens (tertiary/aromatic N) is 1. The van der Waals surface area contributed by atoms with E-state index in [0.717, 1.165) is 13.0 Å². The maximum absolute atomic E-state index is 12.6. The zero-order chi connectivity index (χ0) is 15.3. The Hall–Kier alpha value is -0.290. The molecule has 19 heavy (non-hydrogen) atoms. The highest BCUT2D eigenvalue weighted by Gasteiger charge is 2.34. The third-order valence-electron chi connectivity index (χ3n) is 3.22. The molecule has 1 unspecified atom stereocenters. The molecule has 0 aliphatic carbocycles. The van der Waals surface area contributed by atoms with E-state index >= 15 is 0 Å². The van der Waals surface area contributed by atoms with Gasteiger partial charge in [0.15, 0.2) is 0 Å². The normalized spacial score (nSPS) is 15.3. The highest BCUT2D eigenvalue weighted by molar-refractivity contribution is 4.85. The molecule has 0 aliphatic rings. The van der Waals surface area contributed by atoms with Crippen molar-refractivity contribution >= 4 is 0 Å². The molecule has 0 fully saturated rings. The lowest BCUT2D eigenvalue weighted by Gasteiger charge is -2.38. The summed E-state index contributed by atoms with van der Waals surface area (Å²) in [6.45, 7) is 12.3. The van der Waals surface area contributed by atoms with Gasteiger partial charge in [-0.05, 0) is 32.2 Å². The van der Waals surface area contributed by atoms with Crippen LogP contribution in [0.2, 0.25) is 0 Å². The predicted molar refractivity (Wildman–Crippen MR) is 74.3 cm³/mol. The van der Waals surface area contributed by atoms with Gasteiger partial charge in [0, 0.05) is 18.6 Å². The number of nitrogens with one attached hydrogen (secondary N) is 1. The molecule has 0 radical (unpaired) electrons. The Morgan fingerprint density at radius 2 is 1.63 bits per heavy atom. The first-order chi connectivity index (χ1) is 8.47. The molecule has 0 saturated heterocycles. The monoisotopic (exact) mass is 282 g/mol. The Morgan fingerprint density at radius 1 is 1.11 bits per heavy atom. The molecule has 1 N–H and O–H groups in total. The highest BCUT2D eigenvalue weighted by Crippen LogP contribution is 2.23. The van der Waals surface area contributed by atoms with E-state index in [-0.39, 0.29) is 17.5 Å². The van der Waals surface area contributed by atoms with Gasteiger partial charge in [0.05, 0.1) is 6.54 Å². The van der Waals surface area contributed by atoms with Gasteiger partial charge in [-0.2, -0.15) is 13.2 Å². The lowest BCUT2D eigenvalue weighted by molar-refractivity contribution is -0.151. The molecule has 0 aromatic heterocycles. The van der Waals surface area contributed by atoms with Gasteiger partial charge in [-0.15, -0.1) is 0 Å². The maximum Gasteiger partial charge on any atom is 0.401 e. The van der Waals surface area contributed by atoms with Crippen molar-refractivity contribution in [3.63, 3.8) is 0 Å². The van der Waals surface area contributed by atoms with Crippen LogP contribution in [-0.2, 0) is 0 Å². The van der Waals surface area contributed by atoms with Crippen LogP contribution in [0, 0.1) is 5.41 Å². The minimum Gasteiger partial charge on any atom is -0.312 e. The summed E-state index contributed by atoms with van der Waals surface area (Å²) in [5.41, 5.74) is -0.0616. The fourth-order valence-electron chi connectivity index (χ4n) is 1.89. The van der Waals surface area contributed by atoms with E-state index in [2.05, 4.69) is 33.0 Å². The Kier molecular flexibility index (Phi) is 7.37. The first-order valence-corrected chi connectivity index (χ1v) is 7.01.